The first kappa shape index (κ1) is 7.56. The smallest absolute Gasteiger partial charge is 0.140 e. The first-order valence-electron chi connectivity index (χ1n) is 3.90. The Bertz CT molecular complexity index is 133. The Morgan fingerprint density at radius 3 is 2.60 bits per heavy atom. The molecule has 56 valence electrons. The highest BCUT2D eigenvalue weighted by Gasteiger charge is 2.17. The zero-order chi connectivity index (χ0) is 7.40. The maximum atomic E-state index is 8.96. The molecule has 1 saturated carbocycles. The van der Waals surface area contributed by atoms with E-state index in [1.807, 2.05) is 6.07 Å². The Labute approximate surface area is 61.5 Å². The summed E-state index contributed by atoms with van der Waals surface area (Å²) < 4.78 is 0. The third kappa shape index (κ3) is 2.00. The maximum absolute atomic E-state index is 8.96. The molecule has 1 N–H and O–H groups in total. The molecule has 1 aliphatic carbocycles. The Morgan fingerprint density at radius 1 is 1.50 bits per heavy atom. The standard InChI is InChI=1S/C8H13NO/c9-6-8(10)5-7-3-1-2-4-7/h7-8,10H,1-5H2. The molecule has 0 radical (unpaired) electrons. The summed E-state index contributed by atoms with van der Waals surface area (Å²) in [6.45, 7) is 0. The number of hydrogen-bond donors (Lipinski definition) is 1. The molecule has 1 unspecified atom stereocenters. The van der Waals surface area contributed by atoms with E-state index in [2.05, 4.69) is 0 Å². The monoisotopic (exact) mass is 139 g/mol. The lowest BCUT2D eigenvalue weighted by molar-refractivity contribution is 0.194. The molecule has 0 aliphatic heterocycles. The fourth-order valence-corrected chi connectivity index (χ4v) is 1.61. The summed E-state index contributed by atoms with van der Waals surface area (Å²) in [6.07, 6.45) is 4.95. The van der Waals surface area contributed by atoms with Crippen LogP contribution in [0, 0.1) is 17.2 Å². The first-order valence-corrected chi connectivity index (χ1v) is 3.90. The fraction of sp³-hybridized carbons (Fsp3) is 0.875. The van der Waals surface area contributed by atoms with Crippen molar-refractivity contribution >= 4 is 0 Å². The van der Waals surface area contributed by atoms with Crippen molar-refractivity contribution in [1.82, 2.24) is 0 Å². The largest absolute Gasteiger partial charge is 0.378 e. The summed E-state index contributed by atoms with van der Waals surface area (Å²) in [5, 5.41) is 17.3. The molecule has 0 spiro atoms. The molecular formula is C8H13NO. The molecule has 0 aromatic carbocycles. The van der Waals surface area contributed by atoms with Crippen LogP contribution in [-0.4, -0.2) is 11.2 Å². The van der Waals surface area contributed by atoms with Gasteiger partial charge in [-0.25, -0.2) is 0 Å². The number of rotatable bonds is 2. The predicted molar refractivity (Wildman–Crippen MR) is 38.2 cm³/mol. The number of hydrogen-bond acceptors (Lipinski definition) is 2. The second kappa shape index (κ2) is 3.58. The molecule has 0 heterocycles. The molecule has 0 aromatic heterocycles. The lowest BCUT2D eigenvalue weighted by Crippen LogP contribution is -2.08. The molecule has 0 saturated heterocycles. The summed E-state index contributed by atoms with van der Waals surface area (Å²) >= 11 is 0. The van der Waals surface area contributed by atoms with Crippen LogP contribution < -0.4 is 0 Å². The van der Waals surface area contributed by atoms with Crippen molar-refractivity contribution in [2.45, 2.75) is 38.2 Å². The van der Waals surface area contributed by atoms with Crippen LogP contribution in [0.3, 0.4) is 0 Å². The van der Waals surface area contributed by atoms with E-state index in [4.69, 9.17) is 10.4 Å². The molecule has 1 fully saturated rings. The van der Waals surface area contributed by atoms with Crippen molar-refractivity contribution in [2.75, 3.05) is 0 Å². The molecule has 1 atom stereocenters. The normalized spacial score (nSPS) is 22.4. The quantitative estimate of drug-likeness (QED) is 0.588. The van der Waals surface area contributed by atoms with Gasteiger partial charge >= 0.3 is 0 Å². The Hall–Kier alpha value is -0.550. The highest BCUT2D eigenvalue weighted by atomic mass is 16.3. The van der Waals surface area contributed by atoms with Gasteiger partial charge in [-0.05, 0) is 12.3 Å². The van der Waals surface area contributed by atoms with Gasteiger partial charge in [0.15, 0.2) is 0 Å². The Morgan fingerprint density at radius 2 is 2.10 bits per heavy atom. The minimum absolute atomic E-state index is 0.620. The van der Waals surface area contributed by atoms with Crippen LogP contribution in [0.4, 0.5) is 0 Å². The lowest BCUT2D eigenvalue weighted by atomic mass is 10.0. The van der Waals surface area contributed by atoms with E-state index in [0.717, 1.165) is 0 Å². The van der Waals surface area contributed by atoms with Gasteiger partial charge in [0.2, 0.25) is 0 Å². The lowest BCUT2D eigenvalue weighted by Gasteiger charge is -2.07. The van der Waals surface area contributed by atoms with Crippen molar-refractivity contribution in [1.29, 1.82) is 5.26 Å². The number of nitriles is 1. The zero-order valence-electron chi connectivity index (χ0n) is 6.08. The molecule has 10 heavy (non-hydrogen) atoms. The van der Waals surface area contributed by atoms with Crippen LogP contribution in [0.1, 0.15) is 32.1 Å². The predicted octanol–water partition coefficient (Wildman–Crippen LogP) is 1.45. The van der Waals surface area contributed by atoms with Gasteiger partial charge < -0.3 is 5.11 Å². The van der Waals surface area contributed by atoms with Crippen LogP contribution in [0.2, 0.25) is 0 Å². The third-order valence-electron chi connectivity index (χ3n) is 2.18. The van der Waals surface area contributed by atoms with Gasteiger partial charge in [0.1, 0.15) is 6.10 Å². The molecular weight excluding hydrogens is 126 g/mol. The van der Waals surface area contributed by atoms with Gasteiger partial charge in [0.25, 0.3) is 0 Å². The minimum Gasteiger partial charge on any atom is -0.378 e. The summed E-state index contributed by atoms with van der Waals surface area (Å²) in [6, 6.07) is 1.85. The van der Waals surface area contributed by atoms with E-state index in [9.17, 15) is 0 Å². The number of aliphatic hydroxyl groups is 1. The molecule has 2 heteroatoms. The van der Waals surface area contributed by atoms with Crippen molar-refractivity contribution in [3.63, 3.8) is 0 Å². The summed E-state index contributed by atoms with van der Waals surface area (Å²) in [5.74, 6) is 0.620. The first-order chi connectivity index (χ1) is 4.83. The van der Waals surface area contributed by atoms with Crippen LogP contribution in [0.25, 0.3) is 0 Å². The topological polar surface area (TPSA) is 44.0 Å². The van der Waals surface area contributed by atoms with Crippen molar-refractivity contribution in [2.24, 2.45) is 5.92 Å². The summed E-state index contributed by atoms with van der Waals surface area (Å²) in [5.41, 5.74) is 0. The van der Waals surface area contributed by atoms with Crippen LogP contribution in [-0.2, 0) is 0 Å². The van der Waals surface area contributed by atoms with Gasteiger partial charge in [0.05, 0.1) is 6.07 Å². The highest BCUT2D eigenvalue weighted by molar-refractivity contribution is 4.85. The van der Waals surface area contributed by atoms with E-state index in [1.165, 1.54) is 25.7 Å². The highest BCUT2D eigenvalue weighted by Crippen LogP contribution is 2.28. The molecule has 0 amide bonds. The number of nitrogens with zero attached hydrogens (tertiary/aromatic N) is 1. The Kier molecular flexibility index (Phi) is 2.70. The van der Waals surface area contributed by atoms with Gasteiger partial charge in [-0.1, -0.05) is 25.7 Å². The molecule has 0 aromatic rings. The minimum atomic E-state index is -0.719. The van der Waals surface area contributed by atoms with E-state index in [-0.39, 0.29) is 0 Å². The zero-order valence-corrected chi connectivity index (χ0v) is 6.08. The molecule has 1 aliphatic rings. The molecule has 2 nitrogen and oxygen atoms in total. The van der Waals surface area contributed by atoms with Gasteiger partial charge in [0, 0.05) is 0 Å². The van der Waals surface area contributed by atoms with Crippen LogP contribution >= 0.6 is 0 Å². The van der Waals surface area contributed by atoms with E-state index >= 15 is 0 Å². The summed E-state index contributed by atoms with van der Waals surface area (Å²) in [4.78, 5) is 0. The second-order valence-corrected chi connectivity index (χ2v) is 3.03. The van der Waals surface area contributed by atoms with Crippen LogP contribution in [0.15, 0.2) is 0 Å². The summed E-state index contributed by atoms with van der Waals surface area (Å²) in [7, 11) is 0. The van der Waals surface area contributed by atoms with E-state index in [0.29, 0.717) is 12.3 Å². The average molecular weight is 139 g/mol. The fourth-order valence-electron chi connectivity index (χ4n) is 1.61. The van der Waals surface area contributed by atoms with Gasteiger partial charge in [-0.2, -0.15) is 5.26 Å². The average Bonchev–Trinajstić information content (AvgIpc) is 2.40. The van der Waals surface area contributed by atoms with E-state index < -0.39 is 6.10 Å². The third-order valence-corrected chi connectivity index (χ3v) is 2.18. The van der Waals surface area contributed by atoms with Gasteiger partial charge in [-0.15, -0.1) is 0 Å². The van der Waals surface area contributed by atoms with Crippen molar-refractivity contribution in [3.8, 4) is 6.07 Å². The SMILES string of the molecule is N#CC(O)CC1CCCC1. The maximum Gasteiger partial charge on any atom is 0.140 e. The molecule has 0 bridgehead atoms. The number of aliphatic hydroxyl groups excluding tert-OH is 1. The van der Waals surface area contributed by atoms with Crippen LogP contribution in [0.5, 0.6) is 0 Å². The second-order valence-electron chi connectivity index (χ2n) is 3.03. The Balaban J connectivity index is 2.19. The van der Waals surface area contributed by atoms with Gasteiger partial charge in [-0.3, -0.25) is 0 Å². The van der Waals surface area contributed by atoms with E-state index in [1.54, 1.807) is 0 Å². The van der Waals surface area contributed by atoms with Crippen molar-refractivity contribution < 1.29 is 5.11 Å². The molecule has 1 rings (SSSR count). The van der Waals surface area contributed by atoms with Crippen molar-refractivity contribution in [3.05, 3.63) is 0 Å².